The number of aromatic nitrogens is 2. The van der Waals surface area contributed by atoms with Crippen LogP contribution in [-0.4, -0.2) is 70.9 Å². The van der Waals surface area contributed by atoms with E-state index in [4.69, 9.17) is 4.52 Å². The minimum Gasteiger partial charge on any atom is -0.481 e. The van der Waals surface area contributed by atoms with Crippen LogP contribution in [0.5, 0.6) is 0 Å². The summed E-state index contributed by atoms with van der Waals surface area (Å²) in [5.41, 5.74) is 0.932. The predicted octanol–water partition coefficient (Wildman–Crippen LogP) is 2.16. The molecule has 0 spiro atoms. The number of hydrogen-bond acceptors (Lipinski definition) is 7. The molecule has 2 aliphatic rings. The number of rotatable bonds is 5. The number of piperidine rings is 2. The lowest BCUT2D eigenvalue weighted by Crippen LogP contribution is -2.42. The van der Waals surface area contributed by atoms with Crippen molar-refractivity contribution in [1.82, 2.24) is 19.3 Å². The maximum Gasteiger partial charge on any atom is 0.316 e. The molecule has 11 heteroatoms. The van der Waals surface area contributed by atoms with Crippen LogP contribution >= 0.6 is 0 Å². The number of benzene rings is 1. The van der Waals surface area contributed by atoms with Crippen molar-refractivity contribution in [1.29, 1.82) is 0 Å². The van der Waals surface area contributed by atoms with Gasteiger partial charge in [0.05, 0.1) is 10.8 Å². The Hall–Kier alpha value is -2.79. The van der Waals surface area contributed by atoms with E-state index in [1.165, 1.54) is 10.4 Å². The molecule has 0 radical (unpaired) electrons. The third kappa shape index (κ3) is 4.40. The van der Waals surface area contributed by atoms with Crippen molar-refractivity contribution in [3.05, 3.63) is 29.7 Å². The topological polar surface area (TPSA) is 134 Å². The number of aliphatic carboxylic acids is 1. The molecule has 1 aromatic heterocycles. The second-order valence-electron chi connectivity index (χ2n) is 8.30. The minimum atomic E-state index is -3.91. The fraction of sp³-hybridized carbons (Fsp3) is 0.524. The van der Waals surface area contributed by atoms with Crippen LogP contribution in [0.2, 0.25) is 0 Å². The molecule has 1 aromatic carbocycles. The highest BCUT2D eigenvalue weighted by Crippen LogP contribution is 2.29. The number of amides is 1. The Morgan fingerprint density at radius 1 is 1.12 bits per heavy atom. The smallest absolute Gasteiger partial charge is 0.316 e. The SMILES string of the molecule is Cc1ccc(-c2noc(C(=O)N3CCCCC3)n2)cc1S(=O)(=O)N1CCC[C@H](C(=O)O)C1. The largest absolute Gasteiger partial charge is 0.481 e. The van der Waals surface area contributed by atoms with Gasteiger partial charge in [-0.15, -0.1) is 0 Å². The van der Waals surface area contributed by atoms with Gasteiger partial charge in [-0.1, -0.05) is 17.3 Å². The molecule has 2 aliphatic heterocycles. The average molecular weight is 463 g/mol. The summed E-state index contributed by atoms with van der Waals surface area (Å²) in [6.07, 6.45) is 3.90. The van der Waals surface area contributed by atoms with Crippen LogP contribution in [0.3, 0.4) is 0 Å². The van der Waals surface area contributed by atoms with Crippen LogP contribution in [0.25, 0.3) is 11.4 Å². The van der Waals surface area contributed by atoms with Crippen molar-refractivity contribution in [3.8, 4) is 11.4 Å². The number of hydrogen-bond donors (Lipinski definition) is 1. The van der Waals surface area contributed by atoms with Gasteiger partial charge >= 0.3 is 17.8 Å². The van der Waals surface area contributed by atoms with Gasteiger partial charge in [-0.05, 0) is 50.7 Å². The Labute approximate surface area is 186 Å². The molecule has 172 valence electrons. The number of carboxylic acid groups (broad SMARTS) is 1. The number of carbonyl (C=O) groups excluding carboxylic acids is 1. The maximum atomic E-state index is 13.3. The fourth-order valence-corrected chi connectivity index (χ4v) is 5.95. The van der Waals surface area contributed by atoms with E-state index in [2.05, 4.69) is 10.1 Å². The molecule has 32 heavy (non-hydrogen) atoms. The molecule has 4 rings (SSSR count). The average Bonchev–Trinajstić information content (AvgIpc) is 3.29. The first-order chi connectivity index (χ1) is 15.3. The molecular weight excluding hydrogens is 436 g/mol. The van der Waals surface area contributed by atoms with Gasteiger partial charge in [0.2, 0.25) is 15.8 Å². The first-order valence-corrected chi connectivity index (χ1v) is 12.2. The van der Waals surface area contributed by atoms with Crippen LogP contribution < -0.4 is 0 Å². The molecule has 2 saturated heterocycles. The molecule has 1 atom stereocenters. The Balaban J connectivity index is 1.60. The molecule has 3 heterocycles. The van der Waals surface area contributed by atoms with Gasteiger partial charge in [-0.25, -0.2) is 8.42 Å². The van der Waals surface area contributed by atoms with Gasteiger partial charge in [0.15, 0.2) is 0 Å². The molecule has 1 amide bonds. The first kappa shape index (κ1) is 22.4. The van der Waals surface area contributed by atoms with Crippen LogP contribution in [-0.2, 0) is 14.8 Å². The lowest BCUT2D eigenvalue weighted by molar-refractivity contribution is -0.142. The Bertz CT molecular complexity index is 1120. The van der Waals surface area contributed by atoms with E-state index < -0.39 is 21.9 Å². The first-order valence-electron chi connectivity index (χ1n) is 10.7. The summed E-state index contributed by atoms with van der Waals surface area (Å²) in [6, 6.07) is 4.77. The monoisotopic (exact) mass is 462 g/mol. The van der Waals surface area contributed by atoms with Crippen molar-refractivity contribution < 1.29 is 27.6 Å². The van der Waals surface area contributed by atoms with E-state index >= 15 is 0 Å². The zero-order chi connectivity index (χ0) is 22.9. The zero-order valence-corrected chi connectivity index (χ0v) is 18.7. The van der Waals surface area contributed by atoms with E-state index in [-0.39, 0.29) is 35.6 Å². The van der Waals surface area contributed by atoms with E-state index in [1.54, 1.807) is 24.0 Å². The minimum absolute atomic E-state index is 0.0575. The second-order valence-corrected chi connectivity index (χ2v) is 10.2. The van der Waals surface area contributed by atoms with Gasteiger partial charge in [0.1, 0.15) is 0 Å². The molecule has 0 unspecified atom stereocenters. The van der Waals surface area contributed by atoms with E-state index in [9.17, 15) is 23.1 Å². The maximum absolute atomic E-state index is 13.3. The predicted molar refractivity (Wildman–Crippen MR) is 113 cm³/mol. The fourth-order valence-electron chi connectivity index (χ4n) is 4.18. The van der Waals surface area contributed by atoms with Gasteiger partial charge in [-0.2, -0.15) is 9.29 Å². The second kappa shape index (κ2) is 8.99. The summed E-state index contributed by atoms with van der Waals surface area (Å²) in [6.45, 7) is 3.19. The zero-order valence-electron chi connectivity index (χ0n) is 17.9. The lowest BCUT2D eigenvalue weighted by Gasteiger charge is -2.30. The van der Waals surface area contributed by atoms with E-state index in [0.29, 0.717) is 37.1 Å². The van der Waals surface area contributed by atoms with Crippen LogP contribution in [0.4, 0.5) is 0 Å². The van der Waals surface area contributed by atoms with Crippen molar-refractivity contribution in [2.24, 2.45) is 5.92 Å². The van der Waals surface area contributed by atoms with Crippen LogP contribution in [0, 0.1) is 12.8 Å². The molecular formula is C21H26N4O6S. The number of carboxylic acids is 1. The van der Waals surface area contributed by atoms with Gasteiger partial charge < -0.3 is 14.5 Å². The highest BCUT2D eigenvalue weighted by atomic mass is 32.2. The molecule has 0 saturated carbocycles. The molecule has 0 aliphatic carbocycles. The standard InChI is InChI=1S/C21H26N4O6S/c1-14-7-8-15(18-22-19(31-23-18)20(26)24-9-3-2-4-10-24)12-17(14)32(29,30)25-11-5-6-16(13-25)21(27)28/h7-8,12,16H,2-6,9-11,13H2,1H3,(H,27,28)/t16-/m0/s1. The molecule has 2 aromatic rings. The highest BCUT2D eigenvalue weighted by Gasteiger charge is 2.34. The molecule has 1 N–H and O–H groups in total. The Morgan fingerprint density at radius 3 is 2.59 bits per heavy atom. The van der Waals surface area contributed by atoms with Crippen molar-refractivity contribution in [3.63, 3.8) is 0 Å². The van der Waals surface area contributed by atoms with Crippen molar-refractivity contribution in [2.75, 3.05) is 26.2 Å². The summed E-state index contributed by atoms with van der Waals surface area (Å²) in [7, 11) is -3.91. The third-order valence-electron chi connectivity index (χ3n) is 6.05. The summed E-state index contributed by atoms with van der Waals surface area (Å²) < 4.78 is 33.0. The van der Waals surface area contributed by atoms with Gasteiger partial charge in [-0.3, -0.25) is 9.59 Å². The summed E-state index contributed by atoms with van der Waals surface area (Å²) >= 11 is 0. The quantitative estimate of drug-likeness (QED) is 0.714. The highest BCUT2D eigenvalue weighted by molar-refractivity contribution is 7.89. The lowest BCUT2D eigenvalue weighted by atomic mass is 10.0. The number of nitrogens with zero attached hydrogens (tertiary/aromatic N) is 4. The summed E-state index contributed by atoms with van der Waals surface area (Å²) in [4.78, 5) is 29.9. The van der Waals surface area contributed by atoms with Crippen molar-refractivity contribution in [2.45, 2.75) is 43.9 Å². The number of likely N-dealkylation sites (tertiary alicyclic amines) is 1. The Morgan fingerprint density at radius 2 is 1.88 bits per heavy atom. The number of aryl methyl sites for hydroxylation is 1. The van der Waals surface area contributed by atoms with Gasteiger partial charge in [0.25, 0.3) is 0 Å². The van der Waals surface area contributed by atoms with Gasteiger partial charge in [0, 0.05) is 31.7 Å². The van der Waals surface area contributed by atoms with Crippen molar-refractivity contribution >= 4 is 21.9 Å². The third-order valence-corrected chi connectivity index (χ3v) is 8.06. The van der Waals surface area contributed by atoms with E-state index in [1.807, 2.05) is 0 Å². The summed E-state index contributed by atoms with van der Waals surface area (Å²) in [5.74, 6) is -2.02. The van der Waals surface area contributed by atoms with E-state index in [0.717, 1.165) is 19.3 Å². The molecule has 10 nitrogen and oxygen atoms in total. The van der Waals surface area contributed by atoms with Crippen LogP contribution in [0.1, 0.15) is 48.4 Å². The molecule has 2 fully saturated rings. The number of carbonyl (C=O) groups is 2. The Kier molecular flexibility index (Phi) is 6.29. The number of sulfonamides is 1. The normalized spacial score (nSPS) is 20.3. The summed E-state index contributed by atoms with van der Waals surface area (Å²) in [5, 5.41) is 13.2. The molecule has 0 bridgehead atoms. The van der Waals surface area contributed by atoms with Crippen LogP contribution in [0.15, 0.2) is 27.6 Å².